The van der Waals surface area contributed by atoms with Gasteiger partial charge in [-0.05, 0) is 17.7 Å². The Labute approximate surface area is 113 Å². The van der Waals surface area contributed by atoms with Gasteiger partial charge in [-0.15, -0.1) is 0 Å². The lowest BCUT2D eigenvalue weighted by Gasteiger charge is -2.26. The van der Waals surface area contributed by atoms with Crippen molar-refractivity contribution >= 4 is 5.91 Å². The highest BCUT2D eigenvalue weighted by molar-refractivity contribution is 5.80. The van der Waals surface area contributed by atoms with Crippen molar-refractivity contribution in [2.24, 2.45) is 5.73 Å². The molecule has 0 spiro atoms. The van der Waals surface area contributed by atoms with Gasteiger partial charge in [0.15, 0.2) is 0 Å². The third-order valence-corrected chi connectivity index (χ3v) is 3.10. The second-order valence-corrected chi connectivity index (χ2v) is 5.08. The minimum Gasteiger partial charge on any atom is -0.497 e. The van der Waals surface area contributed by atoms with Gasteiger partial charge in [0.1, 0.15) is 11.9 Å². The summed E-state index contributed by atoms with van der Waals surface area (Å²) in [6.45, 7) is 4.39. The molecule has 1 rings (SSSR count). The van der Waals surface area contributed by atoms with Gasteiger partial charge in [0.25, 0.3) is 0 Å². The number of hydrogen-bond donors (Lipinski definition) is 3. The van der Waals surface area contributed by atoms with Gasteiger partial charge in [-0.25, -0.2) is 0 Å². The van der Waals surface area contributed by atoms with E-state index in [0.29, 0.717) is 6.54 Å². The van der Waals surface area contributed by atoms with Crippen molar-refractivity contribution in [3.63, 3.8) is 0 Å². The number of rotatable bonds is 6. The largest absolute Gasteiger partial charge is 0.497 e. The fourth-order valence-corrected chi connectivity index (χ4v) is 1.68. The number of carbonyl (C=O) groups is 1. The van der Waals surface area contributed by atoms with Crippen LogP contribution in [0.4, 0.5) is 0 Å². The zero-order chi connectivity index (χ0) is 14.5. The highest BCUT2D eigenvalue weighted by atomic mass is 16.5. The molecule has 0 aliphatic heterocycles. The molecule has 19 heavy (non-hydrogen) atoms. The van der Waals surface area contributed by atoms with Crippen LogP contribution in [0.5, 0.6) is 5.75 Å². The molecule has 0 radical (unpaired) electrons. The summed E-state index contributed by atoms with van der Waals surface area (Å²) in [4.78, 5) is 11.5. The molecule has 106 valence electrons. The number of aliphatic hydroxyl groups excluding tert-OH is 1. The van der Waals surface area contributed by atoms with Crippen molar-refractivity contribution < 1.29 is 14.6 Å². The van der Waals surface area contributed by atoms with Crippen LogP contribution in [0.15, 0.2) is 24.3 Å². The second kappa shape index (κ2) is 6.54. The van der Waals surface area contributed by atoms with Crippen molar-refractivity contribution in [1.82, 2.24) is 5.32 Å². The number of benzene rings is 1. The maximum atomic E-state index is 11.5. The number of hydrogen-bond acceptors (Lipinski definition) is 4. The number of ether oxygens (including phenoxy) is 1. The number of nitrogens with two attached hydrogens (primary N) is 1. The van der Waals surface area contributed by atoms with Crippen LogP contribution in [-0.2, 0) is 10.2 Å². The summed E-state index contributed by atoms with van der Waals surface area (Å²) in [5.74, 6) is 0.353. The van der Waals surface area contributed by atoms with Crippen molar-refractivity contribution in [2.75, 3.05) is 20.2 Å². The van der Waals surface area contributed by atoms with Crippen LogP contribution in [0.1, 0.15) is 19.4 Å². The van der Waals surface area contributed by atoms with Gasteiger partial charge in [-0.2, -0.15) is 0 Å². The Morgan fingerprint density at radius 1 is 1.42 bits per heavy atom. The fourth-order valence-electron chi connectivity index (χ4n) is 1.68. The first kappa shape index (κ1) is 15.5. The highest BCUT2D eigenvalue weighted by Gasteiger charge is 2.23. The van der Waals surface area contributed by atoms with Gasteiger partial charge in [0, 0.05) is 18.5 Å². The first-order chi connectivity index (χ1) is 8.90. The van der Waals surface area contributed by atoms with E-state index in [1.807, 2.05) is 38.1 Å². The molecule has 0 bridgehead atoms. The predicted octanol–water partition coefficient (Wildman–Crippen LogP) is 0.409. The number of carbonyl (C=O) groups excluding carboxylic acids is 1. The van der Waals surface area contributed by atoms with Crippen LogP contribution in [0.2, 0.25) is 0 Å². The monoisotopic (exact) mass is 266 g/mol. The molecular weight excluding hydrogens is 244 g/mol. The summed E-state index contributed by atoms with van der Waals surface area (Å²) in [6.07, 6.45) is -1.15. The lowest BCUT2D eigenvalue weighted by atomic mass is 9.84. The number of amides is 1. The van der Waals surface area contributed by atoms with E-state index in [0.717, 1.165) is 11.3 Å². The summed E-state index contributed by atoms with van der Waals surface area (Å²) in [5, 5.41) is 12.0. The summed E-state index contributed by atoms with van der Waals surface area (Å²) < 4.78 is 5.11. The topological polar surface area (TPSA) is 84.6 Å². The molecule has 0 saturated heterocycles. The van der Waals surface area contributed by atoms with E-state index in [9.17, 15) is 9.90 Å². The number of nitrogens with one attached hydrogen (secondary N) is 1. The molecule has 1 atom stereocenters. The van der Waals surface area contributed by atoms with Crippen LogP contribution in [-0.4, -0.2) is 37.3 Å². The van der Waals surface area contributed by atoms with Crippen molar-refractivity contribution in [1.29, 1.82) is 0 Å². The van der Waals surface area contributed by atoms with Gasteiger partial charge in [0.2, 0.25) is 5.91 Å². The second-order valence-electron chi connectivity index (χ2n) is 5.08. The van der Waals surface area contributed by atoms with Gasteiger partial charge in [-0.1, -0.05) is 26.0 Å². The number of methoxy groups -OCH3 is 1. The molecule has 0 heterocycles. The lowest BCUT2D eigenvalue weighted by Crippen LogP contribution is -2.44. The van der Waals surface area contributed by atoms with E-state index in [1.165, 1.54) is 0 Å². The number of aliphatic hydroxyl groups is 1. The quantitative estimate of drug-likeness (QED) is 0.696. The average molecular weight is 266 g/mol. The maximum Gasteiger partial charge on any atom is 0.250 e. The summed E-state index contributed by atoms with van der Waals surface area (Å²) >= 11 is 0. The van der Waals surface area contributed by atoms with E-state index >= 15 is 0 Å². The van der Waals surface area contributed by atoms with E-state index in [4.69, 9.17) is 10.5 Å². The van der Waals surface area contributed by atoms with Gasteiger partial charge in [0.05, 0.1) is 7.11 Å². The Balaban J connectivity index is 2.66. The SMILES string of the molecule is COc1ccc(C(C)(C)CNC(=O)C(O)CN)cc1. The van der Waals surface area contributed by atoms with Crippen molar-refractivity contribution in [3.05, 3.63) is 29.8 Å². The van der Waals surface area contributed by atoms with Gasteiger partial charge >= 0.3 is 0 Å². The van der Waals surface area contributed by atoms with Crippen LogP contribution in [0.3, 0.4) is 0 Å². The molecular formula is C14H22N2O3. The van der Waals surface area contributed by atoms with Gasteiger partial charge < -0.3 is 20.9 Å². The molecule has 5 nitrogen and oxygen atoms in total. The third kappa shape index (κ3) is 4.22. The lowest BCUT2D eigenvalue weighted by molar-refractivity contribution is -0.129. The van der Waals surface area contributed by atoms with Crippen molar-refractivity contribution in [3.8, 4) is 5.75 Å². The van der Waals surface area contributed by atoms with E-state index in [-0.39, 0.29) is 12.0 Å². The Morgan fingerprint density at radius 3 is 2.47 bits per heavy atom. The molecule has 5 heteroatoms. The Kier molecular flexibility index (Phi) is 5.32. The van der Waals surface area contributed by atoms with Crippen LogP contribution in [0.25, 0.3) is 0 Å². The standard InChI is InChI=1S/C14H22N2O3/c1-14(2,9-16-13(18)12(17)8-15)10-4-6-11(19-3)7-5-10/h4-7,12,17H,8-9,15H2,1-3H3,(H,16,18). The molecule has 1 aromatic carbocycles. The summed E-state index contributed by atoms with van der Waals surface area (Å²) in [6, 6.07) is 7.69. The summed E-state index contributed by atoms with van der Waals surface area (Å²) in [7, 11) is 1.62. The minimum atomic E-state index is -1.15. The molecule has 0 aromatic heterocycles. The first-order valence-corrected chi connectivity index (χ1v) is 6.21. The molecule has 1 aromatic rings. The van der Waals surface area contributed by atoms with Crippen LogP contribution >= 0.6 is 0 Å². The molecule has 4 N–H and O–H groups in total. The van der Waals surface area contributed by atoms with Crippen LogP contribution in [0, 0.1) is 0 Å². The summed E-state index contributed by atoms with van der Waals surface area (Å²) in [5.41, 5.74) is 6.07. The minimum absolute atomic E-state index is 0.0746. The zero-order valence-electron chi connectivity index (χ0n) is 11.6. The maximum absolute atomic E-state index is 11.5. The zero-order valence-corrected chi connectivity index (χ0v) is 11.6. The van der Waals surface area contributed by atoms with E-state index in [1.54, 1.807) is 7.11 Å². The molecule has 1 amide bonds. The normalized spacial score (nSPS) is 12.9. The Hall–Kier alpha value is -1.59. The molecule has 0 saturated carbocycles. The third-order valence-electron chi connectivity index (χ3n) is 3.10. The Bertz CT molecular complexity index is 415. The van der Waals surface area contributed by atoms with E-state index in [2.05, 4.69) is 5.32 Å². The molecule has 1 unspecified atom stereocenters. The molecule has 0 aliphatic rings. The van der Waals surface area contributed by atoms with E-state index < -0.39 is 12.0 Å². The average Bonchev–Trinajstić information content (AvgIpc) is 2.44. The fraction of sp³-hybridized carbons (Fsp3) is 0.500. The highest BCUT2D eigenvalue weighted by Crippen LogP contribution is 2.24. The predicted molar refractivity (Wildman–Crippen MR) is 74.1 cm³/mol. The van der Waals surface area contributed by atoms with Gasteiger partial charge in [-0.3, -0.25) is 4.79 Å². The first-order valence-electron chi connectivity index (χ1n) is 6.21. The Morgan fingerprint density at radius 2 is 2.00 bits per heavy atom. The smallest absolute Gasteiger partial charge is 0.250 e. The molecule has 0 aliphatic carbocycles. The van der Waals surface area contributed by atoms with Crippen LogP contribution < -0.4 is 15.8 Å². The molecule has 0 fully saturated rings. The van der Waals surface area contributed by atoms with Crippen molar-refractivity contribution in [2.45, 2.75) is 25.4 Å².